The molecule has 1 aliphatic rings. The molecular formula is C15H23NO. The van der Waals surface area contributed by atoms with Gasteiger partial charge in [0.15, 0.2) is 0 Å². The second kappa shape index (κ2) is 6.06. The Morgan fingerprint density at radius 3 is 3.00 bits per heavy atom. The smallest absolute Gasteiger partial charge is 0.119 e. The monoisotopic (exact) mass is 233 g/mol. The number of ether oxygens (including phenoxy) is 1. The first kappa shape index (κ1) is 12.4. The molecule has 0 aromatic heterocycles. The molecule has 0 heterocycles. The van der Waals surface area contributed by atoms with E-state index in [1.54, 1.807) is 0 Å². The van der Waals surface area contributed by atoms with Crippen molar-refractivity contribution in [1.82, 2.24) is 5.32 Å². The Labute approximate surface area is 104 Å². The number of aryl methyl sites for hydroxylation is 1. The van der Waals surface area contributed by atoms with Gasteiger partial charge in [-0.2, -0.15) is 0 Å². The third-order valence-corrected chi connectivity index (χ3v) is 3.36. The minimum Gasteiger partial charge on any atom is -0.490 e. The molecule has 0 bridgehead atoms. The summed E-state index contributed by atoms with van der Waals surface area (Å²) in [7, 11) is 0. The molecule has 2 atom stereocenters. The minimum absolute atomic E-state index is 0.395. The Balaban J connectivity index is 1.81. The molecular weight excluding hydrogens is 210 g/mol. The average Bonchev–Trinajstić information content (AvgIpc) is 2.74. The molecule has 2 unspecified atom stereocenters. The number of hydrogen-bond acceptors (Lipinski definition) is 2. The predicted molar refractivity (Wildman–Crippen MR) is 71.5 cm³/mol. The molecule has 1 N–H and O–H groups in total. The van der Waals surface area contributed by atoms with E-state index >= 15 is 0 Å². The van der Waals surface area contributed by atoms with Crippen LogP contribution in [0.5, 0.6) is 5.75 Å². The van der Waals surface area contributed by atoms with Crippen molar-refractivity contribution in [2.75, 3.05) is 6.54 Å². The van der Waals surface area contributed by atoms with Gasteiger partial charge >= 0.3 is 0 Å². The lowest BCUT2D eigenvalue weighted by Gasteiger charge is -2.15. The topological polar surface area (TPSA) is 21.3 Å². The highest BCUT2D eigenvalue weighted by Crippen LogP contribution is 2.25. The van der Waals surface area contributed by atoms with Gasteiger partial charge in [0.25, 0.3) is 0 Å². The van der Waals surface area contributed by atoms with Gasteiger partial charge in [0.2, 0.25) is 0 Å². The highest BCUT2D eigenvalue weighted by Gasteiger charge is 2.25. The Morgan fingerprint density at radius 2 is 2.24 bits per heavy atom. The molecule has 1 aromatic carbocycles. The van der Waals surface area contributed by atoms with Crippen LogP contribution in [0.1, 0.15) is 38.2 Å². The van der Waals surface area contributed by atoms with Gasteiger partial charge in [0.1, 0.15) is 11.9 Å². The summed E-state index contributed by atoms with van der Waals surface area (Å²) >= 11 is 0. The number of rotatable bonds is 5. The van der Waals surface area contributed by atoms with E-state index in [1.165, 1.54) is 24.8 Å². The van der Waals surface area contributed by atoms with E-state index in [4.69, 9.17) is 4.74 Å². The first-order chi connectivity index (χ1) is 8.28. The third kappa shape index (κ3) is 3.74. The molecule has 0 aliphatic heterocycles. The standard InChI is InChI=1S/C15H23NO/c1-3-9-16-13-7-8-15(11-13)17-14-6-4-5-12(2)10-14/h4-6,10,13,15-16H,3,7-9,11H2,1-2H3. The largest absolute Gasteiger partial charge is 0.490 e. The molecule has 0 spiro atoms. The van der Waals surface area contributed by atoms with E-state index in [0.29, 0.717) is 12.1 Å². The van der Waals surface area contributed by atoms with Crippen LogP contribution in [0, 0.1) is 6.92 Å². The van der Waals surface area contributed by atoms with Crippen molar-refractivity contribution in [1.29, 1.82) is 0 Å². The Hall–Kier alpha value is -1.02. The molecule has 2 nitrogen and oxygen atoms in total. The van der Waals surface area contributed by atoms with Gasteiger partial charge in [0, 0.05) is 6.04 Å². The van der Waals surface area contributed by atoms with Crippen LogP contribution < -0.4 is 10.1 Å². The van der Waals surface area contributed by atoms with E-state index in [9.17, 15) is 0 Å². The van der Waals surface area contributed by atoms with Gasteiger partial charge in [-0.15, -0.1) is 0 Å². The molecule has 1 fully saturated rings. The zero-order valence-corrected chi connectivity index (χ0v) is 10.9. The lowest BCUT2D eigenvalue weighted by molar-refractivity contribution is 0.206. The summed E-state index contributed by atoms with van der Waals surface area (Å²) in [6, 6.07) is 9.00. The maximum absolute atomic E-state index is 6.03. The van der Waals surface area contributed by atoms with Crippen LogP contribution in [-0.4, -0.2) is 18.7 Å². The molecule has 0 saturated heterocycles. The summed E-state index contributed by atoms with van der Waals surface area (Å²) in [4.78, 5) is 0. The van der Waals surface area contributed by atoms with Crippen LogP contribution in [-0.2, 0) is 0 Å². The fraction of sp³-hybridized carbons (Fsp3) is 0.600. The zero-order chi connectivity index (χ0) is 12.1. The first-order valence-corrected chi connectivity index (χ1v) is 6.74. The summed E-state index contributed by atoms with van der Waals surface area (Å²) in [5.74, 6) is 1.02. The van der Waals surface area contributed by atoms with Crippen molar-refractivity contribution < 1.29 is 4.74 Å². The molecule has 17 heavy (non-hydrogen) atoms. The maximum Gasteiger partial charge on any atom is 0.119 e. The van der Waals surface area contributed by atoms with Crippen molar-refractivity contribution in [2.45, 2.75) is 51.7 Å². The lowest BCUT2D eigenvalue weighted by atomic mass is 10.2. The highest BCUT2D eigenvalue weighted by atomic mass is 16.5. The van der Waals surface area contributed by atoms with Crippen molar-refractivity contribution in [3.8, 4) is 5.75 Å². The van der Waals surface area contributed by atoms with Crippen LogP contribution >= 0.6 is 0 Å². The fourth-order valence-electron chi connectivity index (χ4n) is 2.46. The van der Waals surface area contributed by atoms with Crippen LogP contribution in [0.2, 0.25) is 0 Å². The third-order valence-electron chi connectivity index (χ3n) is 3.36. The Kier molecular flexibility index (Phi) is 4.43. The zero-order valence-electron chi connectivity index (χ0n) is 10.9. The average molecular weight is 233 g/mol. The summed E-state index contributed by atoms with van der Waals surface area (Å²) in [6.07, 6.45) is 5.17. The molecule has 0 amide bonds. The summed E-state index contributed by atoms with van der Waals surface area (Å²) in [5, 5.41) is 3.58. The predicted octanol–water partition coefficient (Wildman–Crippen LogP) is 3.29. The van der Waals surface area contributed by atoms with E-state index in [1.807, 2.05) is 0 Å². The summed E-state index contributed by atoms with van der Waals surface area (Å²) in [6.45, 7) is 5.44. The first-order valence-electron chi connectivity index (χ1n) is 6.74. The Bertz CT molecular complexity index is 351. The van der Waals surface area contributed by atoms with E-state index in [0.717, 1.165) is 18.7 Å². The molecule has 1 aromatic rings. The van der Waals surface area contributed by atoms with E-state index in [2.05, 4.69) is 43.4 Å². The van der Waals surface area contributed by atoms with Crippen molar-refractivity contribution in [2.24, 2.45) is 0 Å². The number of hydrogen-bond donors (Lipinski definition) is 1. The van der Waals surface area contributed by atoms with E-state index in [-0.39, 0.29) is 0 Å². The van der Waals surface area contributed by atoms with Crippen molar-refractivity contribution in [3.05, 3.63) is 29.8 Å². The van der Waals surface area contributed by atoms with Crippen LogP contribution in [0.15, 0.2) is 24.3 Å². The maximum atomic E-state index is 6.03. The van der Waals surface area contributed by atoms with Gasteiger partial charge in [0.05, 0.1) is 0 Å². The van der Waals surface area contributed by atoms with Crippen LogP contribution in [0.4, 0.5) is 0 Å². The van der Waals surface area contributed by atoms with Gasteiger partial charge in [-0.25, -0.2) is 0 Å². The lowest BCUT2D eigenvalue weighted by Crippen LogP contribution is -2.28. The molecule has 94 valence electrons. The minimum atomic E-state index is 0.395. The van der Waals surface area contributed by atoms with Crippen molar-refractivity contribution >= 4 is 0 Å². The second-order valence-corrected chi connectivity index (χ2v) is 5.02. The van der Waals surface area contributed by atoms with Crippen LogP contribution in [0.3, 0.4) is 0 Å². The molecule has 1 saturated carbocycles. The number of benzene rings is 1. The van der Waals surface area contributed by atoms with E-state index < -0.39 is 0 Å². The SMILES string of the molecule is CCCNC1CCC(Oc2cccc(C)c2)C1. The second-order valence-electron chi connectivity index (χ2n) is 5.02. The summed E-state index contributed by atoms with van der Waals surface area (Å²) < 4.78 is 6.03. The molecule has 0 radical (unpaired) electrons. The molecule has 2 rings (SSSR count). The van der Waals surface area contributed by atoms with Gasteiger partial charge < -0.3 is 10.1 Å². The normalized spacial score (nSPS) is 23.9. The number of nitrogens with one attached hydrogen (secondary N) is 1. The van der Waals surface area contributed by atoms with Gasteiger partial charge in [-0.05, 0) is 56.8 Å². The van der Waals surface area contributed by atoms with Gasteiger partial charge in [-0.1, -0.05) is 19.1 Å². The quantitative estimate of drug-likeness (QED) is 0.842. The molecule has 1 aliphatic carbocycles. The fourth-order valence-corrected chi connectivity index (χ4v) is 2.46. The van der Waals surface area contributed by atoms with Crippen LogP contribution in [0.25, 0.3) is 0 Å². The Morgan fingerprint density at radius 1 is 1.35 bits per heavy atom. The highest BCUT2D eigenvalue weighted by molar-refractivity contribution is 5.27. The van der Waals surface area contributed by atoms with Gasteiger partial charge in [-0.3, -0.25) is 0 Å². The molecule has 2 heteroatoms. The summed E-state index contributed by atoms with van der Waals surface area (Å²) in [5.41, 5.74) is 1.26. The van der Waals surface area contributed by atoms with Crippen molar-refractivity contribution in [3.63, 3.8) is 0 Å².